The molecule has 0 saturated heterocycles. The van der Waals surface area contributed by atoms with Gasteiger partial charge in [0.15, 0.2) is 17.3 Å². The van der Waals surface area contributed by atoms with Crippen LogP contribution in [-0.2, 0) is 27.3 Å². The maximum atomic E-state index is 12.0. The van der Waals surface area contributed by atoms with Crippen LogP contribution in [0.2, 0.25) is 0 Å². The topological polar surface area (TPSA) is 84.2 Å². The number of carbonyl (C=O) groups excluding carboxylic acids is 2. The van der Waals surface area contributed by atoms with Crippen molar-refractivity contribution in [3.63, 3.8) is 0 Å². The van der Waals surface area contributed by atoms with E-state index in [2.05, 4.69) is 4.74 Å². The largest absolute Gasteiger partial charge is 0.493 e. The van der Waals surface area contributed by atoms with E-state index in [1.807, 2.05) is 12.1 Å². The number of para-hydroxylation sites is 1. The lowest BCUT2D eigenvalue weighted by Crippen LogP contribution is -2.09. The third-order valence-electron chi connectivity index (χ3n) is 3.60. The van der Waals surface area contributed by atoms with Gasteiger partial charge in [-0.1, -0.05) is 12.1 Å². The van der Waals surface area contributed by atoms with E-state index in [1.165, 1.54) is 19.4 Å². The Kier molecular flexibility index (Phi) is 6.45. The number of aryl methyl sites for hydroxylation is 1. The van der Waals surface area contributed by atoms with Gasteiger partial charge in [-0.3, -0.25) is 4.79 Å². The third kappa shape index (κ3) is 4.53. The van der Waals surface area contributed by atoms with Gasteiger partial charge in [0, 0.05) is 6.42 Å². The van der Waals surface area contributed by atoms with Crippen molar-refractivity contribution in [2.24, 2.45) is 0 Å². The van der Waals surface area contributed by atoms with Gasteiger partial charge in [-0.05, 0) is 24.1 Å². The van der Waals surface area contributed by atoms with Crippen molar-refractivity contribution in [1.82, 2.24) is 0 Å². The summed E-state index contributed by atoms with van der Waals surface area (Å²) in [4.78, 5) is 23.5. The van der Waals surface area contributed by atoms with Gasteiger partial charge in [0.25, 0.3) is 0 Å². The molecule has 0 bridgehead atoms. The molecular formula is C18H20O7. The summed E-state index contributed by atoms with van der Waals surface area (Å²) in [6, 6.07) is 6.94. The molecule has 2 rings (SSSR count). The van der Waals surface area contributed by atoms with Crippen LogP contribution in [0, 0.1) is 0 Å². The Morgan fingerprint density at radius 2 is 1.88 bits per heavy atom. The van der Waals surface area contributed by atoms with E-state index in [1.54, 1.807) is 20.3 Å². The molecule has 0 atom stereocenters. The van der Waals surface area contributed by atoms with Gasteiger partial charge in [0.05, 0.1) is 27.6 Å². The highest BCUT2D eigenvalue weighted by atomic mass is 16.5. The molecule has 1 heterocycles. The summed E-state index contributed by atoms with van der Waals surface area (Å²) in [7, 11) is 4.37. The Balaban J connectivity index is 1.92. The van der Waals surface area contributed by atoms with Crippen LogP contribution < -0.4 is 9.47 Å². The molecule has 0 unspecified atom stereocenters. The van der Waals surface area contributed by atoms with Gasteiger partial charge in [-0.15, -0.1) is 0 Å². The highest BCUT2D eigenvalue weighted by Crippen LogP contribution is 2.31. The maximum Gasteiger partial charge on any atom is 0.341 e. The van der Waals surface area contributed by atoms with Gasteiger partial charge in [0.2, 0.25) is 0 Å². The summed E-state index contributed by atoms with van der Waals surface area (Å²) in [5.41, 5.74) is 1.08. The van der Waals surface area contributed by atoms with E-state index in [-0.39, 0.29) is 24.4 Å². The van der Waals surface area contributed by atoms with E-state index in [4.69, 9.17) is 18.6 Å². The standard InChI is InChI=1S/C18H20O7/c1-21-14-6-4-5-12(17(14)22-2)7-8-16(19)25-11-15-13(9-10-24-15)18(20)23-3/h4-6,9-10H,7-8,11H2,1-3H3. The number of rotatable bonds is 8. The predicted octanol–water partition coefficient (Wildman–Crippen LogP) is 2.76. The molecule has 2 aromatic rings. The van der Waals surface area contributed by atoms with Crippen molar-refractivity contribution < 1.29 is 33.0 Å². The van der Waals surface area contributed by atoms with Crippen molar-refractivity contribution >= 4 is 11.9 Å². The van der Waals surface area contributed by atoms with Crippen LogP contribution in [0.15, 0.2) is 34.9 Å². The average Bonchev–Trinajstić information content (AvgIpc) is 3.12. The maximum absolute atomic E-state index is 12.0. The Morgan fingerprint density at radius 1 is 1.08 bits per heavy atom. The molecule has 7 nitrogen and oxygen atoms in total. The first-order chi connectivity index (χ1) is 12.1. The summed E-state index contributed by atoms with van der Waals surface area (Å²) < 4.78 is 25.5. The van der Waals surface area contributed by atoms with Gasteiger partial charge in [0.1, 0.15) is 12.2 Å². The molecule has 25 heavy (non-hydrogen) atoms. The normalized spacial score (nSPS) is 10.2. The summed E-state index contributed by atoms with van der Waals surface area (Å²) in [6.45, 7) is -0.133. The molecule has 134 valence electrons. The summed E-state index contributed by atoms with van der Waals surface area (Å²) in [6.07, 6.45) is 1.93. The van der Waals surface area contributed by atoms with E-state index in [9.17, 15) is 9.59 Å². The van der Waals surface area contributed by atoms with Gasteiger partial charge < -0.3 is 23.4 Å². The SMILES string of the molecule is COC(=O)c1ccoc1COC(=O)CCc1cccc(OC)c1OC. The van der Waals surface area contributed by atoms with E-state index in [0.29, 0.717) is 17.9 Å². The molecule has 0 N–H and O–H groups in total. The number of benzene rings is 1. The summed E-state index contributed by atoms with van der Waals surface area (Å²) in [5.74, 6) is 0.487. The summed E-state index contributed by atoms with van der Waals surface area (Å²) >= 11 is 0. The molecule has 0 saturated carbocycles. The van der Waals surface area contributed by atoms with Crippen LogP contribution in [-0.4, -0.2) is 33.3 Å². The van der Waals surface area contributed by atoms with Crippen LogP contribution in [0.4, 0.5) is 0 Å². The smallest absolute Gasteiger partial charge is 0.341 e. The molecule has 0 radical (unpaired) electrons. The van der Waals surface area contributed by atoms with Crippen molar-refractivity contribution in [1.29, 1.82) is 0 Å². The minimum atomic E-state index is -0.541. The highest BCUT2D eigenvalue weighted by molar-refractivity contribution is 5.90. The van der Waals surface area contributed by atoms with E-state index in [0.717, 1.165) is 5.56 Å². The molecule has 0 amide bonds. The molecule has 1 aromatic heterocycles. The van der Waals surface area contributed by atoms with Crippen molar-refractivity contribution in [3.05, 3.63) is 47.4 Å². The molecule has 0 aliphatic rings. The first-order valence-electron chi connectivity index (χ1n) is 7.60. The minimum Gasteiger partial charge on any atom is -0.493 e. The number of hydrogen-bond acceptors (Lipinski definition) is 7. The van der Waals surface area contributed by atoms with Crippen LogP contribution in [0.25, 0.3) is 0 Å². The molecule has 0 aliphatic heterocycles. The van der Waals surface area contributed by atoms with Crippen LogP contribution in [0.1, 0.15) is 28.1 Å². The average molecular weight is 348 g/mol. The second-order valence-electron chi connectivity index (χ2n) is 5.06. The van der Waals surface area contributed by atoms with Crippen LogP contribution in [0.3, 0.4) is 0 Å². The third-order valence-corrected chi connectivity index (χ3v) is 3.60. The summed E-state index contributed by atoms with van der Waals surface area (Å²) in [5, 5.41) is 0. The Bertz CT molecular complexity index is 733. The zero-order valence-electron chi connectivity index (χ0n) is 14.4. The second-order valence-corrected chi connectivity index (χ2v) is 5.06. The van der Waals surface area contributed by atoms with Gasteiger partial charge >= 0.3 is 11.9 Å². The molecule has 7 heteroatoms. The molecule has 1 aromatic carbocycles. The lowest BCUT2D eigenvalue weighted by atomic mass is 10.1. The Hall–Kier alpha value is -2.96. The number of furan rings is 1. The molecular weight excluding hydrogens is 328 g/mol. The lowest BCUT2D eigenvalue weighted by Gasteiger charge is -2.12. The van der Waals surface area contributed by atoms with Crippen molar-refractivity contribution in [2.45, 2.75) is 19.4 Å². The fourth-order valence-corrected chi connectivity index (χ4v) is 2.35. The van der Waals surface area contributed by atoms with Gasteiger partial charge in [-0.25, -0.2) is 4.79 Å². The van der Waals surface area contributed by atoms with Gasteiger partial charge in [-0.2, -0.15) is 0 Å². The van der Waals surface area contributed by atoms with E-state index >= 15 is 0 Å². The lowest BCUT2D eigenvalue weighted by molar-refractivity contribution is -0.145. The Morgan fingerprint density at radius 3 is 2.56 bits per heavy atom. The monoisotopic (exact) mass is 348 g/mol. The predicted molar refractivity (Wildman–Crippen MR) is 87.7 cm³/mol. The number of ether oxygens (including phenoxy) is 4. The number of esters is 2. The zero-order chi connectivity index (χ0) is 18.2. The van der Waals surface area contributed by atoms with Crippen molar-refractivity contribution in [2.75, 3.05) is 21.3 Å². The number of carbonyl (C=O) groups is 2. The second kappa shape index (κ2) is 8.77. The Labute approximate surface area is 145 Å². The first-order valence-corrected chi connectivity index (χ1v) is 7.60. The van der Waals surface area contributed by atoms with Crippen LogP contribution >= 0.6 is 0 Å². The zero-order valence-corrected chi connectivity index (χ0v) is 14.4. The quantitative estimate of drug-likeness (QED) is 0.678. The van der Waals surface area contributed by atoms with Crippen molar-refractivity contribution in [3.8, 4) is 11.5 Å². The van der Waals surface area contributed by atoms with E-state index < -0.39 is 11.9 Å². The van der Waals surface area contributed by atoms with Crippen LogP contribution in [0.5, 0.6) is 11.5 Å². The number of hydrogen-bond donors (Lipinski definition) is 0. The molecule has 0 aliphatic carbocycles. The number of methoxy groups -OCH3 is 3. The highest BCUT2D eigenvalue weighted by Gasteiger charge is 2.17. The first kappa shape index (κ1) is 18.4. The fourth-order valence-electron chi connectivity index (χ4n) is 2.35. The minimum absolute atomic E-state index is 0.133. The molecule has 0 fully saturated rings. The molecule has 0 spiro atoms. The fraction of sp³-hybridized carbons (Fsp3) is 0.333.